The smallest absolute Gasteiger partial charge is 0.261 e. The number of rotatable bonds is 8. The van der Waals surface area contributed by atoms with Crippen LogP contribution in [0.15, 0.2) is 54.6 Å². The molecule has 144 valence electrons. The normalized spacial score (nSPS) is 11.7. The first kappa shape index (κ1) is 20.8. The van der Waals surface area contributed by atoms with Gasteiger partial charge in [0.15, 0.2) is 6.61 Å². The van der Waals surface area contributed by atoms with E-state index in [0.29, 0.717) is 17.3 Å². The number of halogens is 1. The quantitative estimate of drug-likeness (QED) is 0.750. The monoisotopic (exact) mass is 388 g/mol. The van der Waals surface area contributed by atoms with E-state index in [4.69, 9.17) is 16.3 Å². The third-order valence-corrected chi connectivity index (χ3v) is 4.22. The van der Waals surface area contributed by atoms with Crippen LogP contribution in [0.25, 0.3) is 0 Å². The lowest BCUT2D eigenvalue weighted by Gasteiger charge is -2.29. The topological polar surface area (TPSA) is 58.6 Å². The van der Waals surface area contributed by atoms with Gasteiger partial charge in [-0.2, -0.15) is 0 Å². The fraction of sp³-hybridized carbons (Fsp3) is 0.333. The standard InChI is InChI=1S/C21H25ClN2O3/c1-15(2)23-21(26)16(3)24(13-17-9-11-18(22)12-10-17)20(25)14-27-19-7-5-4-6-8-19/h4-12,15-16H,13-14H2,1-3H3,(H,23,26). The number of carbonyl (C=O) groups excluding carboxylic acids is 2. The second-order valence-electron chi connectivity index (χ2n) is 6.59. The van der Waals surface area contributed by atoms with Gasteiger partial charge in [-0.25, -0.2) is 0 Å². The molecule has 2 rings (SSSR count). The molecule has 1 N–H and O–H groups in total. The van der Waals surface area contributed by atoms with Gasteiger partial charge in [0.05, 0.1) is 0 Å². The van der Waals surface area contributed by atoms with E-state index in [9.17, 15) is 9.59 Å². The summed E-state index contributed by atoms with van der Waals surface area (Å²) in [4.78, 5) is 26.8. The van der Waals surface area contributed by atoms with Crippen LogP contribution < -0.4 is 10.1 Å². The Labute approximate surface area is 165 Å². The first-order valence-corrected chi connectivity index (χ1v) is 9.26. The summed E-state index contributed by atoms with van der Waals surface area (Å²) >= 11 is 5.93. The minimum absolute atomic E-state index is 0.00648. The summed E-state index contributed by atoms with van der Waals surface area (Å²) in [7, 11) is 0. The molecular weight excluding hydrogens is 364 g/mol. The molecule has 1 unspecified atom stereocenters. The van der Waals surface area contributed by atoms with E-state index < -0.39 is 6.04 Å². The Morgan fingerprint density at radius 1 is 1.04 bits per heavy atom. The van der Waals surface area contributed by atoms with Crippen LogP contribution in [-0.2, 0) is 16.1 Å². The van der Waals surface area contributed by atoms with E-state index in [-0.39, 0.29) is 24.5 Å². The van der Waals surface area contributed by atoms with Crippen LogP contribution in [0.5, 0.6) is 5.75 Å². The molecule has 0 fully saturated rings. The van der Waals surface area contributed by atoms with Crippen molar-refractivity contribution in [3.63, 3.8) is 0 Å². The average Bonchev–Trinajstić information content (AvgIpc) is 2.65. The van der Waals surface area contributed by atoms with Crippen molar-refractivity contribution >= 4 is 23.4 Å². The summed E-state index contributed by atoms with van der Waals surface area (Å²) in [6, 6.07) is 15.7. The molecule has 0 bridgehead atoms. The van der Waals surface area contributed by atoms with E-state index >= 15 is 0 Å². The molecule has 2 amide bonds. The first-order chi connectivity index (χ1) is 12.9. The maximum Gasteiger partial charge on any atom is 0.261 e. The minimum Gasteiger partial charge on any atom is -0.484 e. The molecule has 0 saturated carbocycles. The lowest BCUT2D eigenvalue weighted by molar-refractivity contribution is -0.142. The molecule has 1 atom stereocenters. The number of benzene rings is 2. The van der Waals surface area contributed by atoms with Crippen LogP contribution in [0.4, 0.5) is 0 Å². The maximum atomic E-state index is 12.8. The van der Waals surface area contributed by atoms with E-state index in [1.165, 1.54) is 4.90 Å². The molecule has 2 aromatic carbocycles. The summed E-state index contributed by atoms with van der Waals surface area (Å²) in [6.07, 6.45) is 0. The third kappa shape index (κ3) is 6.61. The zero-order valence-corrected chi connectivity index (χ0v) is 16.6. The second kappa shape index (κ2) is 9.97. The van der Waals surface area contributed by atoms with Crippen molar-refractivity contribution < 1.29 is 14.3 Å². The zero-order chi connectivity index (χ0) is 19.8. The predicted molar refractivity (Wildman–Crippen MR) is 107 cm³/mol. The number of nitrogens with one attached hydrogen (secondary N) is 1. The van der Waals surface area contributed by atoms with Crippen molar-refractivity contribution in [3.8, 4) is 5.75 Å². The van der Waals surface area contributed by atoms with Crippen molar-refractivity contribution in [3.05, 3.63) is 65.2 Å². The fourth-order valence-electron chi connectivity index (χ4n) is 2.52. The summed E-state index contributed by atoms with van der Waals surface area (Å²) in [6.45, 7) is 5.63. The molecule has 2 aromatic rings. The van der Waals surface area contributed by atoms with Gasteiger partial charge in [-0.3, -0.25) is 9.59 Å². The largest absolute Gasteiger partial charge is 0.484 e. The third-order valence-electron chi connectivity index (χ3n) is 3.97. The van der Waals surface area contributed by atoms with Gasteiger partial charge in [-0.1, -0.05) is 41.9 Å². The molecule has 0 aliphatic carbocycles. The summed E-state index contributed by atoms with van der Waals surface area (Å²) in [5, 5.41) is 3.47. The van der Waals surface area contributed by atoms with E-state index in [1.807, 2.05) is 44.2 Å². The molecule has 0 saturated heterocycles. The van der Waals surface area contributed by atoms with Gasteiger partial charge in [0.2, 0.25) is 5.91 Å². The molecule has 27 heavy (non-hydrogen) atoms. The van der Waals surface area contributed by atoms with Gasteiger partial charge in [0, 0.05) is 17.6 Å². The Hall–Kier alpha value is -2.53. The second-order valence-corrected chi connectivity index (χ2v) is 7.03. The first-order valence-electron chi connectivity index (χ1n) is 8.89. The average molecular weight is 389 g/mol. The zero-order valence-electron chi connectivity index (χ0n) is 15.8. The van der Waals surface area contributed by atoms with E-state index in [2.05, 4.69) is 5.32 Å². The Morgan fingerprint density at radius 3 is 2.26 bits per heavy atom. The van der Waals surface area contributed by atoms with E-state index in [1.54, 1.807) is 31.2 Å². The highest BCUT2D eigenvalue weighted by Gasteiger charge is 2.26. The number of hydrogen-bond donors (Lipinski definition) is 1. The number of ether oxygens (including phenoxy) is 1. The predicted octanol–water partition coefficient (Wildman–Crippen LogP) is 3.66. The molecular formula is C21H25ClN2O3. The molecule has 0 spiro atoms. The molecule has 6 heteroatoms. The van der Waals surface area contributed by atoms with Gasteiger partial charge in [-0.05, 0) is 50.6 Å². The molecule has 0 radical (unpaired) electrons. The SMILES string of the molecule is CC(C)NC(=O)C(C)N(Cc1ccc(Cl)cc1)C(=O)COc1ccccc1. The van der Waals surface area contributed by atoms with Gasteiger partial charge in [-0.15, -0.1) is 0 Å². The van der Waals surface area contributed by atoms with Crippen LogP contribution in [-0.4, -0.2) is 35.4 Å². The summed E-state index contributed by atoms with van der Waals surface area (Å²) in [5.41, 5.74) is 0.886. The van der Waals surface area contributed by atoms with Crippen molar-refractivity contribution in [1.82, 2.24) is 10.2 Å². The van der Waals surface area contributed by atoms with Gasteiger partial charge in [0.25, 0.3) is 5.91 Å². The number of carbonyl (C=O) groups is 2. The van der Waals surface area contributed by atoms with Crippen molar-refractivity contribution in [1.29, 1.82) is 0 Å². The van der Waals surface area contributed by atoms with Crippen molar-refractivity contribution in [2.75, 3.05) is 6.61 Å². The highest BCUT2D eigenvalue weighted by atomic mass is 35.5. The summed E-state index contributed by atoms with van der Waals surface area (Å²) in [5.74, 6) is 0.142. The van der Waals surface area contributed by atoms with Gasteiger partial charge < -0.3 is 15.0 Å². The van der Waals surface area contributed by atoms with Crippen molar-refractivity contribution in [2.45, 2.75) is 39.4 Å². The number of hydrogen-bond acceptors (Lipinski definition) is 3. The van der Waals surface area contributed by atoms with Crippen LogP contribution in [0, 0.1) is 0 Å². The lowest BCUT2D eigenvalue weighted by atomic mass is 10.1. The van der Waals surface area contributed by atoms with Crippen LogP contribution in [0.1, 0.15) is 26.3 Å². The van der Waals surface area contributed by atoms with Crippen molar-refractivity contribution in [2.24, 2.45) is 0 Å². The Balaban J connectivity index is 2.12. The highest BCUT2D eigenvalue weighted by Crippen LogP contribution is 2.15. The molecule has 5 nitrogen and oxygen atoms in total. The van der Waals surface area contributed by atoms with Crippen LogP contribution >= 0.6 is 11.6 Å². The van der Waals surface area contributed by atoms with E-state index in [0.717, 1.165) is 5.56 Å². The molecule has 0 heterocycles. The number of nitrogens with zero attached hydrogens (tertiary/aromatic N) is 1. The molecule has 0 aromatic heterocycles. The fourth-order valence-corrected chi connectivity index (χ4v) is 2.64. The summed E-state index contributed by atoms with van der Waals surface area (Å²) < 4.78 is 5.57. The van der Waals surface area contributed by atoms with Gasteiger partial charge >= 0.3 is 0 Å². The minimum atomic E-state index is -0.630. The number of para-hydroxylation sites is 1. The van der Waals surface area contributed by atoms with Crippen LogP contribution in [0.2, 0.25) is 5.02 Å². The molecule has 0 aliphatic rings. The molecule has 0 aliphatic heterocycles. The van der Waals surface area contributed by atoms with Gasteiger partial charge in [0.1, 0.15) is 11.8 Å². The Bertz CT molecular complexity index is 748. The Morgan fingerprint density at radius 2 is 1.67 bits per heavy atom. The van der Waals surface area contributed by atoms with Crippen LogP contribution in [0.3, 0.4) is 0 Å². The maximum absolute atomic E-state index is 12.8. The lowest BCUT2D eigenvalue weighted by Crippen LogP contribution is -2.50. The highest BCUT2D eigenvalue weighted by molar-refractivity contribution is 6.30. The Kier molecular flexibility index (Phi) is 7.67. The number of amides is 2.